The molecule has 1 saturated heterocycles. The zero-order valence-electron chi connectivity index (χ0n) is 15.5. The van der Waals surface area contributed by atoms with Crippen LogP contribution in [0.3, 0.4) is 0 Å². The van der Waals surface area contributed by atoms with Crippen LogP contribution in [0.15, 0.2) is 29.2 Å². The van der Waals surface area contributed by atoms with E-state index in [0.717, 1.165) is 5.56 Å². The first-order valence-corrected chi connectivity index (χ1v) is 10.2. The second-order valence-electron chi connectivity index (χ2n) is 7.22. The van der Waals surface area contributed by atoms with E-state index in [9.17, 15) is 13.2 Å². The molecule has 1 heterocycles. The predicted molar refractivity (Wildman–Crippen MR) is 98.7 cm³/mol. The van der Waals surface area contributed by atoms with E-state index in [1.165, 1.54) is 4.31 Å². The van der Waals surface area contributed by atoms with Crippen LogP contribution in [0.2, 0.25) is 0 Å². The van der Waals surface area contributed by atoms with Gasteiger partial charge in [0.05, 0.1) is 10.9 Å². The number of carbonyl (C=O) groups is 1. The van der Waals surface area contributed by atoms with Crippen LogP contribution in [0.1, 0.15) is 39.2 Å². The molecule has 1 aromatic rings. The predicted octanol–water partition coefficient (Wildman–Crippen LogP) is 1.63. The molecular formula is C18H29N3O3S. The second-order valence-corrected chi connectivity index (χ2v) is 9.16. The minimum absolute atomic E-state index is 0.0636. The Morgan fingerprint density at radius 3 is 1.96 bits per heavy atom. The summed E-state index contributed by atoms with van der Waals surface area (Å²) in [6.45, 7) is 9.30. The van der Waals surface area contributed by atoms with Gasteiger partial charge in [-0.15, -0.1) is 0 Å². The largest absolute Gasteiger partial charge is 0.339 e. The van der Waals surface area contributed by atoms with E-state index in [1.807, 2.05) is 26.0 Å². The molecule has 0 saturated carbocycles. The molecule has 0 aromatic heterocycles. The van der Waals surface area contributed by atoms with Gasteiger partial charge in [-0.3, -0.25) is 4.79 Å². The Hall–Kier alpha value is -1.44. The molecule has 1 atom stereocenters. The van der Waals surface area contributed by atoms with Crippen LogP contribution in [0.4, 0.5) is 0 Å². The summed E-state index contributed by atoms with van der Waals surface area (Å²) < 4.78 is 27.0. The summed E-state index contributed by atoms with van der Waals surface area (Å²) in [7, 11) is -3.53. The van der Waals surface area contributed by atoms with Gasteiger partial charge in [0.15, 0.2) is 0 Å². The summed E-state index contributed by atoms with van der Waals surface area (Å²) >= 11 is 0. The van der Waals surface area contributed by atoms with Crippen molar-refractivity contribution in [2.75, 3.05) is 26.2 Å². The number of hydrogen-bond donors (Lipinski definition) is 1. The smallest absolute Gasteiger partial charge is 0.243 e. The van der Waals surface area contributed by atoms with Gasteiger partial charge in [-0.25, -0.2) is 8.42 Å². The van der Waals surface area contributed by atoms with E-state index in [2.05, 4.69) is 13.8 Å². The fourth-order valence-electron chi connectivity index (χ4n) is 2.82. The Labute approximate surface area is 151 Å². The molecule has 1 aliphatic rings. The molecule has 0 radical (unpaired) electrons. The third-order valence-electron chi connectivity index (χ3n) is 4.74. The first-order valence-electron chi connectivity index (χ1n) is 8.79. The number of amides is 1. The molecule has 6 nitrogen and oxygen atoms in total. The highest BCUT2D eigenvalue weighted by molar-refractivity contribution is 7.89. The van der Waals surface area contributed by atoms with E-state index < -0.39 is 16.1 Å². The van der Waals surface area contributed by atoms with Gasteiger partial charge in [0.1, 0.15) is 0 Å². The van der Waals surface area contributed by atoms with Crippen molar-refractivity contribution in [3.05, 3.63) is 29.8 Å². The molecule has 25 heavy (non-hydrogen) atoms. The van der Waals surface area contributed by atoms with E-state index in [4.69, 9.17) is 5.73 Å². The number of nitrogens with two attached hydrogens (primary N) is 1. The summed E-state index contributed by atoms with van der Waals surface area (Å²) in [6.07, 6.45) is 0. The highest BCUT2D eigenvalue weighted by Gasteiger charge is 2.32. The summed E-state index contributed by atoms with van der Waals surface area (Å²) in [5.74, 6) is 0.318. The van der Waals surface area contributed by atoms with Crippen LogP contribution in [0.25, 0.3) is 0 Å². The topological polar surface area (TPSA) is 83.7 Å². The molecule has 0 unspecified atom stereocenters. The molecule has 7 heteroatoms. The average molecular weight is 368 g/mol. The number of carbonyl (C=O) groups excluding carboxylic acids is 1. The van der Waals surface area contributed by atoms with Gasteiger partial charge in [-0.1, -0.05) is 39.8 Å². The summed E-state index contributed by atoms with van der Waals surface area (Å²) in [4.78, 5) is 14.3. The molecule has 0 bridgehead atoms. The SMILES string of the molecule is CC(C)c1ccc(S(=O)(=O)N2CCN(C(=O)[C@@H](N)C(C)C)CC2)cc1. The van der Waals surface area contributed by atoms with Crippen molar-refractivity contribution in [3.63, 3.8) is 0 Å². The second kappa shape index (κ2) is 7.85. The number of hydrogen-bond acceptors (Lipinski definition) is 4. The molecule has 2 rings (SSSR count). The van der Waals surface area contributed by atoms with Crippen LogP contribution >= 0.6 is 0 Å². The lowest BCUT2D eigenvalue weighted by Gasteiger charge is -2.35. The molecule has 1 aliphatic heterocycles. The molecule has 1 aromatic carbocycles. The number of sulfonamides is 1. The minimum Gasteiger partial charge on any atom is -0.339 e. The lowest BCUT2D eigenvalue weighted by molar-refractivity contribution is -0.134. The number of nitrogens with zero attached hydrogens (tertiary/aromatic N) is 2. The van der Waals surface area contributed by atoms with Crippen molar-refractivity contribution in [3.8, 4) is 0 Å². The Morgan fingerprint density at radius 2 is 1.52 bits per heavy atom. The molecule has 1 amide bonds. The van der Waals surface area contributed by atoms with Crippen LogP contribution in [0.5, 0.6) is 0 Å². The van der Waals surface area contributed by atoms with Gasteiger partial charge < -0.3 is 10.6 Å². The fourth-order valence-corrected chi connectivity index (χ4v) is 4.24. The fraction of sp³-hybridized carbons (Fsp3) is 0.611. The normalized spacial score (nSPS) is 18.0. The van der Waals surface area contributed by atoms with E-state index in [0.29, 0.717) is 37.0 Å². The van der Waals surface area contributed by atoms with Gasteiger partial charge in [-0.05, 0) is 29.5 Å². The molecule has 1 fully saturated rings. The van der Waals surface area contributed by atoms with Gasteiger partial charge in [0, 0.05) is 26.2 Å². The van der Waals surface area contributed by atoms with Crippen molar-refractivity contribution in [1.29, 1.82) is 0 Å². The summed E-state index contributed by atoms with van der Waals surface area (Å²) in [5, 5.41) is 0. The van der Waals surface area contributed by atoms with Crippen molar-refractivity contribution in [2.24, 2.45) is 11.7 Å². The monoisotopic (exact) mass is 367 g/mol. The zero-order chi connectivity index (χ0) is 18.8. The Morgan fingerprint density at radius 1 is 1.00 bits per heavy atom. The van der Waals surface area contributed by atoms with Crippen molar-refractivity contribution in [2.45, 2.75) is 44.6 Å². The highest BCUT2D eigenvalue weighted by Crippen LogP contribution is 2.21. The maximum Gasteiger partial charge on any atom is 0.243 e. The third-order valence-corrected chi connectivity index (χ3v) is 6.65. The first-order chi connectivity index (χ1) is 11.6. The maximum absolute atomic E-state index is 12.8. The van der Waals surface area contributed by atoms with Crippen molar-refractivity contribution < 1.29 is 13.2 Å². The van der Waals surface area contributed by atoms with Crippen molar-refractivity contribution in [1.82, 2.24) is 9.21 Å². The zero-order valence-corrected chi connectivity index (χ0v) is 16.3. The summed E-state index contributed by atoms with van der Waals surface area (Å²) in [6, 6.07) is 6.51. The average Bonchev–Trinajstić information content (AvgIpc) is 2.60. The van der Waals surface area contributed by atoms with Crippen molar-refractivity contribution >= 4 is 15.9 Å². The highest BCUT2D eigenvalue weighted by atomic mass is 32.2. The number of benzene rings is 1. The lowest BCUT2D eigenvalue weighted by Crippen LogP contribution is -2.55. The Kier molecular flexibility index (Phi) is 6.24. The third kappa shape index (κ3) is 4.40. The minimum atomic E-state index is -3.53. The maximum atomic E-state index is 12.8. The molecular weight excluding hydrogens is 338 g/mol. The van der Waals surface area contributed by atoms with Gasteiger partial charge in [0.2, 0.25) is 15.9 Å². The van der Waals surface area contributed by atoms with E-state index >= 15 is 0 Å². The van der Waals surface area contributed by atoms with Gasteiger partial charge in [-0.2, -0.15) is 4.31 Å². The lowest BCUT2D eigenvalue weighted by atomic mass is 10.0. The Balaban J connectivity index is 2.05. The molecule has 2 N–H and O–H groups in total. The van der Waals surface area contributed by atoms with Crippen LogP contribution in [-0.2, 0) is 14.8 Å². The quantitative estimate of drug-likeness (QED) is 0.857. The number of rotatable bonds is 5. The van der Waals surface area contributed by atoms with E-state index in [-0.39, 0.29) is 11.8 Å². The molecule has 140 valence electrons. The van der Waals surface area contributed by atoms with Crippen LogP contribution < -0.4 is 5.73 Å². The first kappa shape index (κ1) is 19.9. The van der Waals surface area contributed by atoms with Crippen LogP contribution in [-0.4, -0.2) is 55.8 Å². The Bertz CT molecular complexity index is 691. The molecule has 0 aliphatic carbocycles. The van der Waals surface area contributed by atoms with Gasteiger partial charge >= 0.3 is 0 Å². The number of piperazine rings is 1. The van der Waals surface area contributed by atoms with Gasteiger partial charge in [0.25, 0.3) is 0 Å². The molecule has 0 spiro atoms. The van der Waals surface area contributed by atoms with Crippen LogP contribution in [0, 0.1) is 5.92 Å². The standard InChI is InChI=1S/C18H29N3O3S/c1-13(2)15-5-7-16(8-6-15)25(23,24)21-11-9-20(10-12-21)18(22)17(19)14(3)4/h5-8,13-14,17H,9-12,19H2,1-4H3/t17-/m0/s1. The summed E-state index contributed by atoms with van der Waals surface area (Å²) in [5.41, 5.74) is 7.03. The van der Waals surface area contributed by atoms with E-state index in [1.54, 1.807) is 17.0 Å².